The van der Waals surface area contributed by atoms with Gasteiger partial charge in [-0.05, 0) is 29.8 Å². The van der Waals surface area contributed by atoms with E-state index in [1.807, 2.05) is 0 Å². The van der Waals surface area contributed by atoms with Gasteiger partial charge >= 0.3 is 128 Å². The van der Waals surface area contributed by atoms with Crippen LogP contribution in [0.2, 0.25) is 0 Å². The Hall–Kier alpha value is 1.41. The van der Waals surface area contributed by atoms with E-state index >= 15 is 0 Å². The van der Waals surface area contributed by atoms with Crippen LogP contribution in [0.1, 0.15) is 39.8 Å². The molecule has 27 heavy (non-hydrogen) atoms. The molecule has 11 heteroatoms. The summed E-state index contributed by atoms with van der Waals surface area (Å²) in [6, 6.07) is 0. The van der Waals surface area contributed by atoms with Crippen LogP contribution in [0.5, 0.6) is 0 Å². The summed E-state index contributed by atoms with van der Waals surface area (Å²) in [5.74, 6) is 1.28. The molecule has 0 saturated heterocycles. The van der Waals surface area contributed by atoms with Crippen molar-refractivity contribution in [3.05, 3.63) is 43.9 Å². The van der Waals surface area contributed by atoms with Crippen LogP contribution < -0.4 is 116 Å². The van der Waals surface area contributed by atoms with Gasteiger partial charge in [0.25, 0.3) is 0 Å². The Bertz CT molecular complexity index is 757. The van der Waals surface area contributed by atoms with Crippen molar-refractivity contribution in [1.29, 1.82) is 0 Å². The van der Waals surface area contributed by atoms with Crippen molar-refractivity contribution in [2.24, 2.45) is 0 Å². The van der Waals surface area contributed by atoms with Crippen molar-refractivity contribution in [3.63, 3.8) is 0 Å². The molecular weight excluding hydrogens is 599 g/mol. The van der Waals surface area contributed by atoms with Crippen LogP contribution in [0.4, 0.5) is 0 Å². The number of thiazole rings is 2. The van der Waals surface area contributed by atoms with Crippen molar-refractivity contribution in [3.8, 4) is 12.3 Å². The molecular formula is C16H13BrN2O4Rb2S2. The molecule has 0 aliphatic carbocycles. The van der Waals surface area contributed by atoms with Gasteiger partial charge in [0.1, 0.15) is 5.69 Å². The third-order valence-electron chi connectivity index (χ3n) is 2.06. The molecule has 0 N–H and O–H groups in total. The fourth-order valence-electron chi connectivity index (χ4n) is 1.18. The van der Waals surface area contributed by atoms with Gasteiger partial charge in [-0.25, -0.2) is 25.9 Å². The van der Waals surface area contributed by atoms with E-state index in [2.05, 4.69) is 38.2 Å². The summed E-state index contributed by atoms with van der Waals surface area (Å²) in [7, 11) is 0. The van der Waals surface area contributed by atoms with Crippen LogP contribution >= 0.6 is 38.6 Å². The maximum atomic E-state index is 11.0. The summed E-state index contributed by atoms with van der Waals surface area (Å²) in [6.45, 7) is 4.21. The topological polar surface area (TPSA) is 78.4 Å². The van der Waals surface area contributed by atoms with Gasteiger partial charge in [-0.15, -0.1) is 11.3 Å². The van der Waals surface area contributed by atoms with E-state index in [1.165, 1.54) is 22.7 Å². The minimum absolute atomic E-state index is 0. The van der Waals surface area contributed by atoms with E-state index in [0.29, 0.717) is 27.8 Å². The molecule has 2 rings (SSSR count). The Balaban J connectivity index is -0.000000367. The first-order valence-corrected chi connectivity index (χ1v) is 9.19. The van der Waals surface area contributed by atoms with Crippen molar-refractivity contribution in [2.75, 3.05) is 13.2 Å². The molecule has 0 aromatic carbocycles. The zero-order valence-corrected chi connectivity index (χ0v) is 28.4. The molecule has 0 aliphatic rings. The Morgan fingerprint density at radius 3 is 1.85 bits per heavy atom. The summed E-state index contributed by atoms with van der Waals surface area (Å²) < 4.78 is 10.1. The average Bonchev–Trinajstić information content (AvgIpc) is 3.26. The van der Waals surface area contributed by atoms with Crippen LogP contribution in [-0.2, 0) is 9.47 Å². The van der Waals surface area contributed by atoms with Gasteiger partial charge in [0.05, 0.1) is 13.2 Å². The second kappa shape index (κ2) is 20.7. The molecule has 2 heterocycles. The van der Waals surface area contributed by atoms with Gasteiger partial charge in [-0.1, -0.05) is 0 Å². The predicted molar refractivity (Wildman–Crippen MR) is 98.3 cm³/mol. The molecule has 6 nitrogen and oxygen atoms in total. The van der Waals surface area contributed by atoms with Gasteiger partial charge in [-0.2, -0.15) is 0 Å². The van der Waals surface area contributed by atoms with Crippen molar-refractivity contribution >= 4 is 50.5 Å². The minimum Gasteiger partial charge on any atom is -0.697 e. The SMILES string of the molecule is CCOC(=O)c1csc(Br)n1.[C-]#C.[C-]#Cc1nc(C(=O)OCC)cs1.[Rb+].[Rb+]. The van der Waals surface area contributed by atoms with Gasteiger partial charge < -0.3 is 33.7 Å². The van der Waals surface area contributed by atoms with E-state index in [9.17, 15) is 9.59 Å². The first kappa shape index (κ1) is 33.1. The van der Waals surface area contributed by atoms with Gasteiger partial charge in [-0.3, -0.25) is 5.92 Å². The Kier molecular flexibility index (Phi) is 25.3. The summed E-state index contributed by atoms with van der Waals surface area (Å²) in [6.07, 6.45) is 15.7. The van der Waals surface area contributed by atoms with E-state index in [4.69, 9.17) is 22.3 Å². The quantitative estimate of drug-likeness (QED) is 0.217. The average molecular weight is 612 g/mol. The Morgan fingerprint density at radius 2 is 1.52 bits per heavy atom. The standard InChI is InChI=1S/C8H6NO2S.C6H6BrNO2S.C2H.2Rb/c1-3-7-9-6(5-12-7)8(10)11-4-2;1-2-10-5(9)4-3-11-6(7)8-4;1-2;;/h5H,4H2,2H3;3H,2H2,1H3;1H;;/q-1;;-1;2*+1. The smallest absolute Gasteiger partial charge is 0.697 e. The maximum absolute atomic E-state index is 11.0. The third-order valence-corrected chi connectivity index (χ3v) is 4.18. The van der Waals surface area contributed by atoms with Crippen LogP contribution in [0.3, 0.4) is 0 Å². The molecule has 0 amide bonds. The third kappa shape index (κ3) is 14.1. The molecule has 0 spiro atoms. The number of ether oxygens (including phenoxy) is 2. The van der Waals surface area contributed by atoms with Gasteiger partial charge in [0, 0.05) is 15.8 Å². The summed E-state index contributed by atoms with van der Waals surface area (Å²) in [4.78, 5) is 29.6. The van der Waals surface area contributed by atoms with Crippen molar-refractivity contribution in [2.45, 2.75) is 13.8 Å². The molecule has 0 saturated carbocycles. The Morgan fingerprint density at radius 1 is 1.07 bits per heavy atom. The summed E-state index contributed by atoms with van der Waals surface area (Å²) in [5, 5.41) is 3.59. The number of rotatable bonds is 4. The number of aromatic nitrogens is 2. The largest absolute Gasteiger partial charge is 1.00 e. The number of hydrogen-bond acceptors (Lipinski definition) is 8. The first-order valence-electron chi connectivity index (χ1n) is 6.64. The van der Waals surface area contributed by atoms with Crippen molar-refractivity contribution in [1.82, 2.24) is 9.97 Å². The van der Waals surface area contributed by atoms with Crippen LogP contribution in [0, 0.1) is 25.2 Å². The monoisotopic (exact) mass is 610 g/mol. The zero-order chi connectivity index (χ0) is 19.2. The minimum atomic E-state index is -0.449. The fraction of sp³-hybridized carbons (Fsp3) is 0.250. The summed E-state index contributed by atoms with van der Waals surface area (Å²) >= 11 is 5.71. The van der Waals surface area contributed by atoms with E-state index < -0.39 is 5.97 Å². The predicted octanol–water partition coefficient (Wildman–Crippen LogP) is -2.45. The molecule has 0 aliphatic heterocycles. The van der Waals surface area contributed by atoms with Crippen molar-refractivity contribution < 1.29 is 135 Å². The number of carbonyl (C=O) groups excluding carboxylic acids is 2. The Labute approximate surface area is 273 Å². The normalized spacial score (nSPS) is 8.00. The first-order chi connectivity index (χ1) is 12.0. The van der Waals surface area contributed by atoms with Gasteiger partial charge in [0.15, 0.2) is 9.61 Å². The van der Waals surface area contributed by atoms with E-state index in [-0.39, 0.29) is 128 Å². The second-order valence-electron chi connectivity index (χ2n) is 3.59. The number of carbonyl (C=O) groups is 2. The molecule has 0 unspecified atom stereocenters. The number of esters is 2. The van der Waals surface area contributed by atoms with Crippen LogP contribution in [0.25, 0.3) is 0 Å². The van der Waals surface area contributed by atoms with Crippen LogP contribution in [0.15, 0.2) is 14.7 Å². The molecule has 0 radical (unpaired) electrons. The second-order valence-corrected chi connectivity index (χ2v) is 6.58. The number of terminal acetylenes is 1. The summed E-state index contributed by atoms with van der Waals surface area (Å²) in [5.41, 5.74) is 0.611. The molecule has 0 bridgehead atoms. The molecule has 132 valence electrons. The molecule has 0 atom stereocenters. The maximum Gasteiger partial charge on any atom is 1.00 e. The molecule has 2 aromatic rings. The van der Waals surface area contributed by atoms with Gasteiger partial charge in [0.2, 0.25) is 0 Å². The van der Waals surface area contributed by atoms with E-state index in [0.717, 1.165) is 0 Å². The number of nitrogens with zero attached hydrogens (tertiary/aromatic N) is 2. The number of halogens is 1. The fourth-order valence-corrected chi connectivity index (χ4v) is 2.74. The zero-order valence-electron chi connectivity index (χ0n) is 15.4. The number of hydrogen-bond donors (Lipinski definition) is 0. The van der Waals surface area contributed by atoms with E-state index in [1.54, 1.807) is 24.6 Å². The van der Waals surface area contributed by atoms with Crippen LogP contribution in [-0.4, -0.2) is 35.1 Å². The molecule has 2 aromatic heterocycles. The molecule has 0 fully saturated rings.